The standard InChI is InChI=1S/C11H9ClN4O2S2/c1-2-5-13-10-14-15-11(20-10)19-9-4-3-7(16(17)18)6-8(9)12/h2-4,6H,1,5H2,(H,13,14). The van der Waals surface area contributed by atoms with Gasteiger partial charge in [-0.15, -0.1) is 16.8 Å². The van der Waals surface area contributed by atoms with E-state index in [9.17, 15) is 10.1 Å². The fraction of sp³-hybridized carbons (Fsp3) is 0.0909. The summed E-state index contributed by atoms with van der Waals surface area (Å²) in [6.07, 6.45) is 1.72. The fourth-order valence-electron chi connectivity index (χ4n) is 1.26. The highest BCUT2D eigenvalue weighted by Gasteiger charge is 2.12. The Kier molecular flexibility index (Phi) is 4.94. The van der Waals surface area contributed by atoms with Crippen LogP contribution in [0.3, 0.4) is 0 Å². The Bertz CT molecular complexity index is 647. The Hall–Kier alpha value is -1.64. The largest absolute Gasteiger partial charge is 0.357 e. The Balaban J connectivity index is 2.11. The van der Waals surface area contributed by atoms with Crippen LogP contribution in [0.5, 0.6) is 0 Å². The smallest absolute Gasteiger partial charge is 0.270 e. The van der Waals surface area contributed by atoms with Crippen molar-refractivity contribution in [2.75, 3.05) is 11.9 Å². The first-order chi connectivity index (χ1) is 9.60. The Morgan fingerprint density at radius 1 is 1.55 bits per heavy atom. The highest BCUT2D eigenvalue weighted by molar-refractivity contribution is 8.01. The second kappa shape index (κ2) is 6.69. The van der Waals surface area contributed by atoms with E-state index in [-0.39, 0.29) is 5.69 Å². The third kappa shape index (κ3) is 3.69. The van der Waals surface area contributed by atoms with E-state index in [0.717, 1.165) is 0 Å². The Morgan fingerprint density at radius 3 is 3.00 bits per heavy atom. The van der Waals surface area contributed by atoms with Gasteiger partial charge in [-0.25, -0.2) is 0 Å². The quantitative estimate of drug-likeness (QED) is 0.493. The minimum Gasteiger partial charge on any atom is -0.357 e. The van der Waals surface area contributed by atoms with Crippen LogP contribution in [0.4, 0.5) is 10.8 Å². The summed E-state index contributed by atoms with van der Waals surface area (Å²) in [4.78, 5) is 10.8. The summed E-state index contributed by atoms with van der Waals surface area (Å²) in [5.74, 6) is 0. The number of aromatic nitrogens is 2. The van der Waals surface area contributed by atoms with E-state index in [0.29, 0.717) is 25.9 Å². The summed E-state index contributed by atoms with van der Waals surface area (Å²) >= 11 is 8.71. The second-order valence-electron chi connectivity index (χ2n) is 3.52. The van der Waals surface area contributed by atoms with Gasteiger partial charge in [-0.3, -0.25) is 10.1 Å². The molecule has 0 aliphatic heterocycles. The lowest BCUT2D eigenvalue weighted by Crippen LogP contribution is -1.96. The topological polar surface area (TPSA) is 81.0 Å². The van der Waals surface area contributed by atoms with Crippen molar-refractivity contribution >= 4 is 45.5 Å². The fourth-order valence-corrected chi connectivity index (χ4v) is 3.27. The van der Waals surface area contributed by atoms with Crippen molar-refractivity contribution in [3.63, 3.8) is 0 Å². The molecule has 9 heteroatoms. The molecule has 0 amide bonds. The van der Waals surface area contributed by atoms with E-state index in [4.69, 9.17) is 11.6 Å². The zero-order chi connectivity index (χ0) is 14.5. The Morgan fingerprint density at radius 2 is 2.35 bits per heavy atom. The van der Waals surface area contributed by atoms with Gasteiger partial charge in [0, 0.05) is 23.6 Å². The molecule has 20 heavy (non-hydrogen) atoms. The van der Waals surface area contributed by atoms with Crippen LogP contribution in [0.25, 0.3) is 0 Å². The molecular formula is C11H9ClN4O2S2. The van der Waals surface area contributed by atoms with E-state index in [1.165, 1.54) is 35.2 Å². The molecule has 1 heterocycles. The van der Waals surface area contributed by atoms with Crippen molar-refractivity contribution in [2.24, 2.45) is 0 Å². The number of nitro benzene ring substituents is 1. The molecule has 1 aromatic heterocycles. The molecule has 0 spiro atoms. The molecule has 0 bridgehead atoms. The summed E-state index contributed by atoms with van der Waals surface area (Å²) in [5.41, 5.74) is -0.0371. The van der Waals surface area contributed by atoms with E-state index >= 15 is 0 Å². The zero-order valence-electron chi connectivity index (χ0n) is 10.1. The number of nitrogens with one attached hydrogen (secondary N) is 1. The van der Waals surface area contributed by atoms with Gasteiger partial charge in [-0.05, 0) is 6.07 Å². The third-order valence-electron chi connectivity index (χ3n) is 2.13. The summed E-state index contributed by atoms with van der Waals surface area (Å²) in [6, 6.07) is 4.33. The maximum absolute atomic E-state index is 10.6. The van der Waals surface area contributed by atoms with Gasteiger partial charge in [0.15, 0.2) is 4.34 Å². The van der Waals surface area contributed by atoms with E-state index in [2.05, 4.69) is 22.1 Å². The van der Waals surface area contributed by atoms with Crippen molar-refractivity contribution in [3.8, 4) is 0 Å². The predicted molar refractivity (Wildman–Crippen MR) is 80.8 cm³/mol. The van der Waals surface area contributed by atoms with Gasteiger partial charge in [-0.2, -0.15) is 0 Å². The number of rotatable bonds is 6. The highest BCUT2D eigenvalue weighted by Crippen LogP contribution is 2.37. The number of nitro groups is 1. The average Bonchev–Trinajstić information content (AvgIpc) is 2.86. The van der Waals surface area contributed by atoms with Crippen molar-refractivity contribution in [3.05, 3.63) is 46.0 Å². The number of non-ortho nitro benzene ring substituents is 1. The highest BCUT2D eigenvalue weighted by atomic mass is 35.5. The van der Waals surface area contributed by atoms with Gasteiger partial charge < -0.3 is 5.32 Å². The first-order valence-corrected chi connectivity index (χ1v) is 7.41. The van der Waals surface area contributed by atoms with Gasteiger partial charge in [0.05, 0.1) is 9.95 Å². The third-order valence-corrected chi connectivity index (χ3v) is 4.56. The maximum atomic E-state index is 10.6. The number of hydrogen-bond donors (Lipinski definition) is 1. The first-order valence-electron chi connectivity index (χ1n) is 5.40. The zero-order valence-corrected chi connectivity index (χ0v) is 12.5. The first kappa shape index (κ1) is 14.8. The lowest BCUT2D eigenvalue weighted by molar-refractivity contribution is -0.384. The molecule has 6 nitrogen and oxygen atoms in total. The molecule has 0 atom stereocenters. The number of hydrogen-bond acceptors (Lipinski definition) is 7. The lowest BCUT2D eigenvalue weighted by Gasteiger charge is -2.00. The Labute approximate surface area is 128 Å². The van der Waals surface area contributed by atoms with Crippen LogP contribution < -0.4 is 5.32 Å². The number of benzene rings is 1. The van der Waals surface area contributed by atoms with Gasteiger partial charge in [0.1, 0.15) is 0 Å². The van der Waals surface area contributed by atoms with Crippen LogP contribution in [0.15, 0.2) is 40.1 Å². The molecule has 0 fully saturated rings. The van der Waals surface area contributed by atoms with Crippen molar-refractivity contribution in [2.45, 2.75) is 9.24 Å². The molecule has 0 aliphatic rings. The van der Waals surface area contributed by atoms with Crippen LogP contribution in [0.2, 0.25) is 5.02 Å². The van der Waals surface area contributed by atoms with Crippen LogP contribution in [-0.2, 0) is 0 Å². The molecule has 2 aromatic rings. The summed E-state index contributed by atoms with van der Waals surface area (Å²) in [7, 11) is 0. The minimum absolute atomic E-state index is 0.0371. The van der Waals surface area contributed by atoms with Crippen LogP contribution >= 0.6 is 34.7 Å². The predicted octanol–water partition coefficient (Wildman–Crippen LogP) is 3.85. The molecule has 0 aliphatic carbocycles. The molecular weight excluding hydrogens is 320 g/mol. The lowest BCUT2D eigenvalue weighted by atomic mass is 10.3. The minimum atomic E-state index is -0.484. The molecule has 0 saturated heterocycles. The average molecular weight is 329 g/mol. The van der Waals surface area contributed by atoms with Gasteiger partial charge >= 0.3 is 0 Å². The SMILES string of the molecule is C=CCNc1nnc(Sc2ccc([N+](=O)[O-])cc2Cl)s1. The number of halogens is 1. The molecule has 0 radical (unpaired) electrons. The summed E-state index contributed by atoms with van der Waals surface area (Å²) in [5, 5.41) is 22.6. The van der Waals surface area contributed by atoms with Crippen molar-refractivity contribution in [1.29, 1.82) is 0 Å². The normalized spacial score (nSPS) is 10.2. The van der Waals surface area contributed by atoms with Crippen LogP contribution in [-0.4, -0.2) is 21.7 Å². The molecule has 0 unspecified atom stereocenters. The molecule has 1 N–H and O–H groups in total. The second-order valence-corrected chi connectivity index (χ2v) is 6.19. The number of nitrogens with zero attached hydrogens (tertiary/aromatic N) is 3. The molecule has 2 rings (SSSR count). The summed E-state index contributed by atoms with van der Waals surface area (Å²) < 4.78 is 0.701. The van der Waals surface area contributed by atoms with Crippen molar-refractivity contribution in [1.82, 2.24) is 10.2 Å². The van der Waals surface area contributed by atoms with Crippen molar-refractivity contribution < 1.29 is 4.92 Å². The van der Waals surface area contributed by atoms with Gasteiger partial charge in [-0.1, -0.05) is 40.8 Å². The molecule has 1 aromatic carbocycles. The maximum Gasteiger partial charge on any atom is 0.270 e. The molecule has 104 valence electrons. The van der Waals surface area contributed by atoms with Gasteiger partial charge in [0.2, 0.25) is 5.13 Å². The molecule has 0 saturated carbocycles. The monoisotopic (exact) mass is 328 g/mol. The summed E-state index contributed by atoms with van der Waals surface area (Å²) in [6.45, 7) is 4.21. The van der Waals surface area contributed by atoms with E-state index in [1.54, 1.807) is 12.1 Å². The number of anilines is 1. The van der Waals surface area contributed by atoms with E-state index in [1.807, 2.05) is 0 Å². The van der Waals surface area contributed by atoms with Crippen LogP contribution in [0.1, 0.15) is 0 Å². The van der Waals surface area contributed by atoms with E-state index < -0.39 is 4.92 Å². The van der Waals surface area contributed by atoms with Crippen LogP contribution in [0, 0.1) is 10.1 Å². The van der Waals surface area contributed by atoms with Gasteiger partial charge in [0.25, 0.3) is 5.69 Å².